The maximum absolute atomic E-state index is 12.5. The minimum Gasteiger partial charge on any atom is -0.461 e. The summed E-state index contributed by atoms with van der Waals surface area (Å²) in [4.78, 5) is 36.4. The normalized spacial score (nSPS) is 39.2. The number of epoxide rings is 1. The molecule has 2 aliphatic heterocycles. The summed E-state index contributed by atoms with van der Waals surface area (Å²) >= 11 is 0. The van der Waals surface area contributed by atoms with Crippen molar-refractivity contribution in [3.8, 4) is 0 Å². The van der Waals surface area contributed by atoms with E-state index in [9.17, 15) is 14.4 Å². The van der Waals surface area contributed by atoms with E-state index in [1.165, 1.54) is 6.92 Å². The number of carbonyl (C=O) groups excluding carboxylic acids is 3. The van der Waals surface area contributed by atoms with E-state index in [2.05, 4.69) is 6.58 Å². The van der Waals surface area contributed by atoms with Gasteiger partial charge in [-0.15, -0.1) is 0 Å². The molecule has 2 fully saturated rings. The molecule has 7 atom stereocenters. The average Bonchev–Trinajstić information content (AvgIpc) is 3.17. The second-order valence-electron chi connectivity index (χ2n) is 8.57. The van der Waals surface area contributed by atoms with Crippen LogP contribution in [0, 0.1) is 11.8 Å². The molecule has 0 saturated carbocycles. The number of ether oxygens (including phenoxy) is 4. The van der Waals surface area contributed by atoms with Crippen molar-refractivity contribution in [2.45, 2.75) is 83.9 Å². The largest absolute Gasteiger partial charge is 0.461 e. The summed E-state index contributed by atoms with van der Waals surface area (Å²) in [5.74, 6) is -1.95. The molecule has 3 unspecified atom stereocenters. The van der Waals surface area contributed by atoms with Crippen molar-refractivity contribution in [3.63, 3.8) is 0 Å². The van der Waals surface area contributed by atoms with E-state index in [-0.39, 0.29) is 29.5 Å². The smallest absolute Gasteiger partial charge is 0.334 e. The molecule has 0 spiro atoms. The predicted octanol–water partition coefficient (Wildman–Crippen LogP) is 2.87. The van der Waals surface area contributed by atoms with Gasteiger partial charge in [-0.3, -0.25) is 9.59 Å². The summed E-state index contributed by atoms with van der Waals surface area (Å²) in [5, 5.41) is 0. The predicted molar refractivity (Wildman–Crippen MR) is 104 cm³/mol. The van der Waals surface area contributed by atoms with E-state index >= 15 is 0 Å². The molecule has 7 heteroatoms. The van der Waals surface area contributed by atoms with Gasteiger partial charge >= 0.3 is 17.9 Å². The van der Waals surface area contributed by atoms with Crippen LogP contribution in [0.2, 0.25) is 0 Å². The first-order chi connectivity index (χ1) is 13.6. The van der Waals surface area contributed by atoms with Crippen molar-refractivity contribution < 1.29 is 33.3 Å². The third-order valence-electron chi connectivity index (χ3n) is 6.26. The number of esters is 3. The van der Waals surface area contributed by atoms with Crippen LogP contribution in [0.4, 0.5) is 0 Å². The summed E-state index contributed by atoms with van der Waals surface area (Å²) < 4.78 is 22.8. The monoisotopic (exact) mass is 406 g/mol. The van der Waals surface area contributed by atoms with Crippen molar-refractivity contribution in [1.82, 2.24) is 0 Å². The first kappa shape index (κ1) is 21.6. The number of rotatable bonds is 4. The zero-order chi connectivity index (χ0) is 21.5. The molecule has 3 aliphatic rings. The standard InChI is InChI=1S/C22H30O7/c1-7-11(2)20(24)28-17-10-22(6)18(29-22)9-15(26-14(5)23)12(3)8-16-19(17)13(4)21(25)27-16/h8,11,15-19H,4,7,9-10H2,1-3,5-6H3/b12-8-/t11?,15?,16-,17?,18-,19+,22-/m1/s1. The van der Waals surface area contributed by atoms with Crippen molar-refractivity contribution in [3.05, 3.63) is 23.8 Å². The van der Waals surface area contributed by atoms with Gasteiger partial charge in [-0.25, -0.2) is 4.79 Å². The summed E-state index contributed by atoms with van der Waals surface area (Å²) in [5.41, 5.74) is 0.517. The van der Waals surface area contributed by atoms with Crippen LogP contribution < -0.4 is 0 Å². The Hall–Kier alpha value is -2.15. The Bertz CT molecular complexity index is 754. The minimum atomic E-state index is -0.637. The zero-order valence-electron chi connectivity index (χ0n) is 17.7. The van der Waals surface area contributed by atoms with Gasteiger partial charge in [-0.1, -0.05) is 20.4 Å². The van der Waals surface area contributed by atoms with E-state index < -0.39 is 35.8 Å². The third kappa shape index (κ3) is 4.39. The molecule has 0 amide bonds. The number of hydrogen-bond acceptors (Lipinski definition) is 7. The summed E-state index contributed by atoms with van der Waals surface area (Å²) in [6, 6.07) is 0. The average molecular weight is 406 g/mol. The molecule has 0 bridgehead atoms. The summed E-state index contributed by atoms with van der Waals surface area (Å²) in [6.07, 6.45) is 1.52. The summed E-state index contributed by atoms with van der Waals surface area (Å²) in [7, 11) is 0. The van der Waals surface area contributed by atoms with Gasteiger partial charge in [0.25, 0.3) is 0 Å². The number of hydrogen-bond donors (Lipinski definition) is 0. The van der Waals surface area contributed by atoms with Crippen molar-refractivity contribution in [2.75, 3.05) is 0 Å². The molecule has 0 N–H and O–H groups in total. The summed E-state index contributed by atoms with van der Waals surface area (Å²) in [6.45, 7) is 12.8. The molecule has 2 saturated heterocycles. The van der Waals surface area contributed by atoms with Crippen LogP contribution >= 0.6 is 0 Å². The molecule has 0 aromatic heterocycles. The van der Waals surface area contributed by atoms with Crippen LogP contribution in [0.3, 0.4) is 0 Å². The molecular formula is C22H30O7. The Morgan fingerprint density at radius 1 is 1.38 bits per heavy atom. The lowest BCUT2D eigenvalue weighted by atomic mass is 9.82. The van der Waals surface area contributed by atoms with E-state index in [0.717, 1.165) is 5.57 Å². The van der Waals surface area contributed by atoms with Gasteiger partial charge in [0.15, 0.2) is 0 Å². The highest BCUT2D eigenvalue weighted by Crippen LogP contribution is 2.48. The fourth-order valence-corrected chi connectivity index (χ4v) is 4.11. The van der Waals surface area contributed by atoms with Crippen LogP contribution in [0.1, 0.15) is 53.9 Å². The van der Waals surface area contributed by atoms with Gasteiger partial charge in [0, 0.05) is 25.3 Å². The Balaban J connectivity index is 1.96. The second kappa shape index (κ2) is 7.94. The van der Waals surface area contributed by atoms with Crippen LogP contribution in [-0.4, -0.2) is 47.9 Å². The maximum atomic E-state index is 12.5. The third-order valence-corrected chi connectivity index (χ3v) is 6.26. The molecule has 29 heavy (non-hydrogen) atoms. The van der Waals surface area contributed by atoms with Gasteiger partial charge in [-0.2, -0.15) is 0 Å². The molecule has 7 nitrogen and oxygen atoms in total. The molecule has 0 aromatic carbocycles. The van der Waals surface area contributed by atoms with Crippen LogP contribution in [-0.2, 0) is 33.3 Å². The van der Waals surface area contributed by atoms with Crippen LogP contribution in [0.5, 0.6) is 0 Å². The lowest BCUT2D eigenvalue weighted by Gasteiger charge is -2.30. The Kier molecular flexibility index (Phi) is 5.90. The lowest BCUT2D eigenvalue weighted by molar-refractivity contribution is -0.157. The van der Waals surface area contributed by atoms with Gasteiger partial charge in [0.1, 0.15) is 18.3 Å². The number of fused-ring (bicyclic) bond motifs is 2. The van der Waals surface area contributed by atoms with E-state index in [0.29, 0.717) is 19.3 Å². The molecular weight excluding hydrogens is 376 g/mol. The fraction of sp³-hybridized carbons (Fsp3) is 0.682. The van der Waals surface area contributed by atoms with Crippen molar-refractivity contribution in [1.29, 1.82) is 0 Å². The van der Waals surface area contributed by atoms with Crippen LogP contribution in [0.15, 0.2) is 23.8 Å². The first-order valence-electron chi connectivity index (χ1n) is 10.2. The Morgan fingerprint density at radius 2 is 2.07 bits per heavy atom. The topological polar surface area (TPSA) is 91.4 Å². The highest BCUT2D eigenvalue weighted by Gasteiger charge is 2.58. The van der Waals surface area contributed by atoms with Gasteiger partial charge in [0.05, 0.1) is 23.5 Å². The van der Waals surface area contributed by atoms with E-state index in [1.807, 2.05) is 27.7 Å². The fourth-order valence-electron chi connectivity index (χ4n) is 4.11. The quantitative estimate of drug-likeness (QED) is 0.233. The maximum Gasteiger partial charge on any atom is 0.334 e. The lowest BCUT2D eigenvalue weighted by Crippen LogP contribution is -2.39. The molecule has 3 rings (SSSR count). The molecule has 0 aromatic rings. The molecule has 2 heterocycles. The second-order valence-corrected chi connectivity index (χ2v) is 8.57. The minimum absolute atomic E-state index is 0.136. The highest BCUT2D eigenvalue weighted by atomic mass is 16.6. The highest BCUT2D eigenvalue weighted by molar-refractivity contribution is 5.91. The Labute approximate surface area is 171 Å². The SMILES string of the molecule is C=C1C(=O)O[C@@H]2/C=C(/C)C(OC(C)=O)C[C@H]3O[C@]3(C)CC(OC(=O)C(C)CC)[C@@H]12. The number of carbonyl (C=O) groups is 3. The van der Waals surface area contributed by atoms with Crippen LogP contribution in [0.25, 0.3) is 0 Å². The van der Waals surface area contributed by atoms with Gasteiger partial charge in [-0.05, 0) is 31.9 Å². The Morgan fingerprint density at radius 3 is 2.69 bits per heavy atom. The first-order valence-corrected chi connectivity index (χ1v) is 10.2. The molecule has 1 aliphatic carbocycles. The van der Waals surface area contributed by atoms with E-state index in [1.54, 1.807) is 6.08 Å². The van der Waals surface area contributed by atoms with Gasteiger partial charge in [0.2, 0.25) is 0 Å². The van der Waals surface area contributed by atoms with Crippen molar-refractivity contribution in [2.24, 2.45) is 11.8 Å². The van der Waals surface area contributed by atoms with E-state index in [4.69, 9.17) is 18.9 Å². The molecule has 160 valence electrons. The van der Waals surface area contributed by atoms with Gasteiger partial charge < -0.3 is 18.9 Å². The van der Waals surface area contributed by atoms with Crippen molar-refractivity contribution >= 4 is 17.9 Å². The zero-order valence-corrected chi connectivity index (χ0v) is 17.7. The molecule has 0 radical (unpaired) electrons.